The molecule has 1 amide bonds. The smallest absolute Gasteiger partial charge is 0.222 e. The Morgan fingerprint density at radius 1 is 1.16 bits per heavy atom. The van der Waals surface area contributed by atoms with Crippen LogP contribution in [0.15, 0.2) is 0 Å². The first-order chi connectivity index (χ1) is 9.24. The van der Waals surface area contributed by atoms with Crippen LogP contribution in [0.3, 0.4) is 0 Å². The van der Waals surface area contributed by atoms with Gasteiger partial charge >= 0.3 is 0 Å². The molecule has 5 atom stereocenters. The molecule has 4 aliphatic heterocycles. The zero-order chi connectivity index (χ0) is 13.0. The highest BCUT2D eigenvalue weighted by atomic mass is 16.3. The predicted molar refractivity (Wildman–Crippen MR) is 71.6 cm³/mol. The number of aliphatic hydroxyl groups excluding tert-OH is 1. The van der Waals surface area contributed by atoms with E-state index in [4.69, 9.17) is 0 Å². The Kier molecular flexibility index (Phi) is 2.85. The molecule has 1 N–H and O–H groups in total. The summed E-state index contributed by atoms with van der Waals surface area (Å²) in [6.07, 6.45) is 6.16. The minimum absolute atomic E-state index is 0.183. The summed E-state index contributed by atoms with van der Waals surface area (Å²) in [6, 6.07) is 1.06. The third kappa shape index (κ3) is 1.83. The summed E-state index contributed by atoms with van der Waals surface area (Å²) in [4.78, 5) is 16.9. The lowest BCUT2D eigenvalue weighted by molar-refractivity contribution is -0.156. The lowest BCUT2D eigenvalue weighted by atomic mass is 9.67. The van der Waals surface area contributed by atoms with Crippen LogP contribution in [0.5, 0.6) is 0 Å². The Labute approximate surface area is 114 Å². The monoisotopic (exact) mass is 264 g/mol. The van der Waals surface area contributed by atoms with Crippen molar-refractivity contribution < 1.29 is 9.90 Å². The van der Waals surface area contributed by atoms with Gasteiger partial charge in [-0.3, -0.25) is 9.69 Å². The van der Waals surface area contributed by atoms with Gasteiger partial charge in [-0.15, -0.1) is 0 Å². The maximum Gasteiger partial charge on any atom is 0.222 e. The van der Waals surface area contributed by atoms with Crippen molar-refractivity contribution in [2.24, 2.45) is 11.8 Å². The lowest BCUT2D eigenvalue weighted by Gasteiger charge is -2.59. The second-order valence-corrected chi connectivity index (χ2v) is 6.95. The summed E-state index contributed by atoms with van der Waals surface area (Å²) >= 11 is 0. The van der Waals surface area contributed by atoms with Crippen LogP contribution in [0.4, 0.5) is 0 Å². The van der Waals surface area contributed by atoms with Crippen LogP contribution < -0.4 is 0 Å². The highest BCUT2D eigenvalue weighted by molar-refractivity contribution is 5.77. The third-order valence-corrected chi connectivity index (χ3v) is 5.89. The number of hydrogen-bond donors (Lipinski definition) is 1. The van der Waals surface area contributed by atoms with E-state index in [0.29, 0.717) is 29.8 Å². The molecule has 4 fully saturated rings. The van der Waals surface area contributed by atoms with Crippen molar-refractivity contribution in [3.05, 3.63) is 0 Å². The molecule has 4 nitrogen and oxygen atoms in total. The molecule has 4 heteroatoms. The molecule has 0 aromatic rings. The van der Waals surface area contributed by atoms with Gasteiger partial charge in [-0.25, -0.2) is 0 Å². The summed E-state index contributed by atoms with van der Waals surface area (Å²) < 4.78 is 0. The number of amides is 1. The predicted octanol–water partition coefficient (Wildman–Crippen LogP) is 0.842. The number of hydrogen-bond acceptors (Lipinski definition) is 3. The highest BCUT2D eigenvalue weighted by Crippen LogP contribution is 2.44. The van der Waals surface area contributed by atoms with Crippen molar-refractivity contribution in [1.29, 1.82) is 0 Å². The van der Waals surface area contributed by atoms with Crippen LogP contribution in [-0.2, 0) is 4.79 Å². The van der Waals surface area contributed by atoms with Crippen LogP contribution in [0, 0.1) is 11.8 Å². The van der Waals surface area contributed by atoms with Gasteiger partial charge in [0.1, 0.15) is 0 Å². The Bertz CT molecular complexity index is 386. The number of fused-ring (bicyclic) bond motifs is 2. The molecule has 0 bridgehead atoms. The second kappa shape index (κ2) is 4.45. The molecule has 4 saturated heterocycles. The fraction of sp³-hybridized carbons (Fsp3) is 0.933. The average Bonchev–Trinajstić information content (AvgIpc) is 2.40. The van der Waals surface area contributed by atoms with Crippen molar-refractivity contribution in [1.82, 2.24) is 9.80 Å². The molecule has 0 saturated carbocycles. The molecular weight excluding hydrogens is 240 g/mol. The number of nitrogens with zero attached hydrogens (tertiary/aromatic N) is 2. The molecule has 0 radical (unpaired) electrons. The first kappa shape index (κ1) is 12.2. The lowest BCUT2D eigenvalue weighted by Crippen LogP contribution is -2.68. The first-order valence-corrected chi connectivity index (χ1v) is 7.95. The van der Waals surface area contributed by atoms with Crippen LogP contribution in [0.25, 0.3) is 0 Å². The first-order valence-electron chi connectivity index (χ1n) is 7.95. The van der Waals surface area contributed by atoms with Crippen LogP contribution in [-0.4, -0.2) is 58.6 Å². The number of carbonyl (C=O) groups is 1. The molecule has 0 aliphatic carbocycles. The van der Waals surface area contributed by atoms with Crippen molar-refractivity contribution in [3.8, 4) is 0 Å². The van der Waals surface area contributed by atoms with Gasteiger partial charge < -0.3 is 10.0 Å². The van der Waals surface area contributed by atoms with E-state index >= 15 is 0 Å². The van der Waals surface area contributed by atoms with E-state index in [-0.39, 0.29) is 6.10 Å². The van der Waals surface area contributed by atoms with Gasteiger partial charge in [-0.2, -0.15) is 0 Å². The zero-order valence-corrected chi connectivity index (χ0v) is 11.5. The molecule has 0 aromatic heterocycles. The Hall–Kier alpha value is -0.610. The summed E-state index contributed by atoms with van der Waals surface area (Å²) in [5, 5.41) is 10.2. The largest absolute Gasteiger partial charge is 0.392 e. The fourth-order valence-corrected chi connectivity index (χ4v) is 5.27. The molecule has 4 rings (SSSR count). The van der Waals surface area contributed by atoms with Crippen molar-refractivity contribution in [2.75, 3.05) is 19.6 Å². The molecule has 0 spiro atoms. The maximum atomic E-state index is 12.2. The third-order valence-electron chi connectivity index (χ3n) is 5.89. The van der Waals surface area contributed by atoms with Crippen LogP contribution >= 0.6 is 0 Å². The van der Waals surface area contributed by atoms with Crippen LogP contribution in [0.2, 0.25) is 0 Å². The summed E-state index contributed by atoms with van der Waals surface area (Å²) in [7, 11) is 0. The highest BCUT2D eigenvalue weighted by Gasteiger charge is 2.51. The minimum atomic E-state index is -0.183. The van der Waals surface area contributed by atoms with Crippen LogP contribution in [0.1, 0.15) is 38.5 Å². The average molecular weight is 264 g/mol. The van der Waals surface area contributed by atoms with E-state index in [1.54, 1.807) is 0 Å². The fourth-order valence-electron chi connectivity index (χ4n) is 5.27. The molecule has 0 unspecified atom stereocenters. The van der Waals surface area contributed by atoms with Gasteiger partial charge in [0.05, 0.1) is 6.10 Å². The molecule has 4 aliphatic rings. The van der Waals surface area contributed by atoms with Gasteiger partial charge in [-0.05, 0) is 50.5 Å². The molecule has 19 heavy (non-hydrogen) atoms. The van der Waals surface area contributed by atoms with Gasteiger partial charge in [0.2, 0.25) is 5.91 Å². The quantitative estimate of drug-likeness (QED) is 0.705. The summed E-state index contributed by atoms with van der Waals surface area (Å²) in [5.41, 5.74) is 0. The number of carbonyl (C=O) groups excluding carboxylic acids is 1. The normalized spacial score (nSPS) is 46.7. The summed E-state index contributed by atoms with van der Waals surface area (Å²) in [5.74, 6) is 1.54. The van der Waals surface area contributed by atoms with Crippen molar-refractivity contribution in [2.45, 2.75) is 56.7 Å². The van der Waals surface area contributed by atoms with E-state index in [1.165, 1.54) is 12.8 Å². The summed E-state index contributed by atoms with van der Waals surface area (Å²) in [6.45, 7) is 2.99. The Morgan fingerprint density at radius 2 is 2.05 bits per heavy atom. The van der Waals surface area contributed by atoms with E-state index in [1.807, 2.05) is 0 Å². The SMILES string of the molecule is O=C1CCC[C@@H]2[C@H]3C[C@H](O)CN4CCC[C@@H](CN12)[C@@H]34. The van der Waals surface area contributed by atoms with E-state index in [0.717, 1.165) is 45.3 Å². The van der Waals surface area contributed by atoms with Gasteiger partial charge in [0, 0.05) is 31.6 Å². The number of aliphatic hydroxyl groups is 1. The van der Waals surface area contributed by atoms with Crippen molar-refractivity contribution >= 4 is 5.91 Å². The second-order valence-electron chi connectivity index (χ2n) is 6.95. The van der Waals surface area contributed by atoms with Gasteiger partial charge in [0.25, 0.3) is 0 Å². The maximum absolute atomic E-state index is 12.2. The zero-order valence-electron chi connectivity index (χ0n) is 11.5. The van der Waals surface area contributed by atoms with E-state index < -0.39 is 0 Å². The molecular formula is C15H24N2O2. The Balaban J connectivity index is 1.67. The van der Waals surface area contributed by atoms with E-state index in [2.05, 4.69) is 9.80 Å². The topological polar surface area (TPSA) is 43.8 Å². The molecule has 106 valence electrons. The van der Waals surface area contributed by atoms with Gasteiger partial charge in [0.15, 0.2) is 0 Å². The minimum Gasteiger partial charge on any atom is -0.392 e. The number of piperidine rings is 4. The standard InChI is InChI=1S/C15H24N2O2/c18-11-7-12-13-4-1-5-14(19)17(13)8-10-3-2-6-16(9-11)15(10)12/h10-13,15,18H,1-9H2/t10-,11-,12+,13+,15-/m0/s1. The van der Waals surface area contributed by atoms with Gasteiger partial charge in [-0.1, -0.05) is 0 Å². The van der Waals surface area contributed by atoms with E-state index in [9.17, 15) is 9.90 Å². The number of rotatable bonds is 0. The Morgan fingerprint density at radius 3 is 2.95 bits per heavy atom. The van der Waals surface area contributed by atoms with Crippen molar-refractivity contribution in [3.63, 3.8) is 0 Å². The molecule has 0 aromatic carbocycles. The molecule has 4 heterocycles.